The van der Waals surface area contributed by atoms with Crippen molar-refractivity contribution in [3.63, 3.8) is 0 Å². The Hall–Kier alpha value is -0.120. The molecule has 0 atom stereocenters. The summed E-state index contributed by atoms with van der Waals surface area (Å²) in [5, 5.41) is 0. The third kappa shape index (κ3) is 2.44. The summed E-state index contributed by atoms with van der Waals surface area (Å²) in [7, 11) is 2.12. The third-order valence-corrected chi connectivity index (χ3v) is 2.92. The second-order valence-electron chi connectivity index (χ2n) is 3.61. The summed E-state index contributed by atoms with van der Waals surface area (Å²) in [6, 6.07) is 0.720. The predicted octanol–water partition coefficient (Wildman–Crippen LogP) is 0.319. The van der Waals surface area contributed by atoms with E-state index in [4.69, 9.17) is 5.73 Å². The molecule has 0 spiro atoms. The van der Waals surface area contributed by atoms with E-state index in [0.29, 0.717) is 6.67 Å². The molecule has 0 bridgehead atoms. The van der Waals surface area contributed by atoms with Crippen LogP contribution in [0.5, 0.6) is 0 Å². The second kappa shape index (κ2) is 4.80. The minimum absolute atomic E-state index is 0.691. The van der Waals surface area contributed by atoms with Crippen molar-refractivity contribution in [1.29, 1.82) is 0 Å². The van der Waals surface area contributed by atoms with Crippen LogP contribution in [0.15, 0.2) is 0 Å². The van der Waals surface area contributed by atoms with E-state index in [2.05, 4.69) is 23.8 Å². The smallest absolute Gasteiger partial charge is 0.0455 e. The van der Waals surface area contributed by atoms with Crippen molar-refractivity contribution < 1.29 is 0 Å². The highest BCUT2D eigenvalue weighted by molar-refractivity contribution is 4.76. The molecule has 1 heterocycles. The molecule has 0 amide bonds. The standard InChI is InChI=1S/C9H21N3/c1-3-12-6-4-9(5-7-12)11(2)8-10/h9H,3-8,10H2,1-2H3. The van der Waals surface area contributed by atoms with Gasteiger partial charge < -0.3 is 10.6 Å². The number of rotatable bonds is 3. The molecule has 0 saturated carbocycles. The summed E-state index contributed by atoms with van der Waals surface area (Å²) in [6.07, 6.45) is 2.56. The van der Waals surface area contributed by atoms with Crippen LogP contribution in [0.4, 0.5) is 0 Å². The van der Waals surface area contributed by atoms with Crippen molar-refractivity contribution >= 4 is 0 Å². The fraction of sp³-hybridized carbons (Fsp3) is 1.00. The fourth-order valence-corrected chi connectivity index (χ4v) is 1.83. The Kier molecular flexibility index (Phi) is 3.98. The summed E-state index contributed by atoms with van der Waals surface area (Å²) >= 11 is 0. The van der Waals surface area contributed by atoms with Crippen molar-refractivity contribution in [2.45, 2.75) is 25.8 Å². The van der Waals surface area contributed by atoms with E-state index in [-0.39, 0.29) is 0 Å². The Morgan fingerprint density at radius 2 is 2.00 bits per heavy atom. The van der Waals surface area contributed by atoms with Crippen molar-refractivity contribution in [3.8, 4) is 0 Å². The number of piperidine rings is 1. The molecule has 3 nitrogen and oxygen atoms in total. The number of likely N-dealkylation sites (tertiary alicyclic amines) is 1. The van der Waals surface area contributed by atoms with E-state index in [1.54, 1.807) is 0 Å². The van der Waals surface area contributed by atoms with Gasteiger partial charge in [0.1, 0.15) is 0 Å². The van der Waals surface area contributed by atoms with Gasteiger partial charge in [-0.1, -0.05) is 6.92 Å². The normalized spacial score (nSPS) is 22.0. The Morgan fingerprint density at radius 3 is 2.42 bits per heavy atom. The monoisotopic (exact) mass is 171 g/mol. The molecule has 1 aliphatic heterocycles. The zero-order valence-corrected chi connectivity index (χ0v) is 8.29. The highest BCUT2D eigenvalue weighted by Crippen LogP contribution is 2.13. The van der Waals surface area contributed by atoms with E-state index in [1.807, 2.05) is 0 Å². The lowest BCUT2D eigenvalue weighted by Gasteiger charge is -2.35. The van der Waals surface area contributed by atoms with Gasteiger partial charge in [-0.2, -0.15) is 0 Å². The van der Waals surface area contributed by atoms with Crippen LogP contribution in [0.2, 0.25) is 0 Å². The maximum atomic E-state index is 5.58. The van der Waals surface area contributed by atoms with Crippen LogP contribution in [0.3, 0.4) is 0 Å². The molecular formula is C9H21N3. The summed E-state index contributed by atoms with van der Waals surface area (Å²) in [5.74, 6) is 0. The topological polar surface area (TPSA) is 32.5 Å². The molecule has 1 fully saturated rings. The van der Waals surface area contributed by atoms with Gasteiger partial charge in [0.25, 0.3) is 0 Å². The van der Waals surface area contributed by atoms with Crippen LogP contribution in [-0.4, -0.2) is 49.2 Å². The first-order valence-electron chi connectivity index (χ1n) is 4.90. The average molecular weight is 171 g/mol. The predicted molar refractivity (Wildman–Crippen MR) is 52.0 cm³/mol. The number of nitrogens with zero attached hydrogens (tertiary/aromatic N) is 2. The van der Waals surface area contributed by atoms with Crippen molar-refractivity contribution in [2.75, 3.05) is 33.4 Å². The Labute approximate surface area is 75.5 Å². The molecule has 2 N–H and O–H groups in total. The van der Waals surface area contributed by atoms with Crippen LogP contribution < -0.4 is 5.73 Å². The van der Waals surface area contributed by atoms with Crippen LogP contribution in [0.1, 0.15) is 19.8 Å². The molecular weight excluding hydrogens is 150 g/mol. The van der Waals surface area contributed by atoms with Gasteiger partial charge >= 0.3 is 0 Å². The molecule has 12 heavy (non-hydrogen) atoms. The average Bonchev–Trinajstić information content (AvgIpc) is 2.17. The van der Waals surface area contributed by atoms with Gasteiger partial charge in [0.05, 0.1) is 0 Å². The van der Waals surface area contributed by atoms with Crippen molar-refractivity contribution in [3.05, 3.63) is 0 Å². The lowest BCUT2D eigenvalue weighted by atomic mass is 10.0. The maximum Gasteiger partial charge on any atom is 0.0455 e. The highest BCUT2D eigenvalue weighted by Gasteiger charge is 2.20. The van der Waals surface area contributed by atoms with E-state index in [9.17, 15) is 0 Å². The summed E-state index contributed by atoms with van der Waals surface area (Å²) in [6.45, 7) is 6.60. The Morgan fingerprint density at radius 1 is 1.42 bits per heavy atom. The number of nitrogens with two attached hydrogens (primary N) is 1. The molecule has 0 aromatic rings. The van der Waals surface area contributed by atoms with Crippen LogP contribution in [-0.2, 0) is 0 Å². The first kappa shape index (κ1) is 9.96. The molecule has 1 saturated heterocycles. The molecule has 1 aliphatic rings. The van der Waals surface area contributed by atoms with Gasteiger partial charge in [0.2, 0.25) is 0 Å². The molecule has 1 rings (SSSR count). The van der Waals surface area contributed by atoms with Gasteiger partial charge in [-0.25, -0.2) is 0 Å². The van der Waals surface area contributed by atoms with Crippen LogP contribution in [0, 0.1) is 0 Å². The largest absolute Gasteiger partial charge is 0.318 e. The van der Waals surface area contributed by atoms with E-state index < -0.39 is 0 Å². The SMILES string of the molecule is CCN1CCC(N(C)CN)CC1. The van der Waals surface area contributed by atoms with Gasteiger partial charge in [-0.15, -0.1) is 0 Å². The minimum atomic E-state index is 0.691. The van der Waals surface area contributed by atoms with E-state index in [1.165, 1.54) is 32.5 Å². The van der Waals surface area contributed by atoms with Gasteiger partial charge in [-0.05, 0) is 39.5 Å². The second-order valence-corrected chi connectivity index (χ2v) is 3.61. The van der Waals surface area contributed by atoms with Crippen LogP contribution in [0.25, 0.3) is 0 Å². The maximum absolute atomic E-state index is 5.58. The first-order valence-corrected chi connectivity index (χ1v) is 4.90. The Balaban J connectivity index is 2.25. The van der Waals surface area contributed by atoms with Crippen LogP contribution >= 0.6 is 0 Å². The molecule has 0 aliphatic carbocycles. The van der Waals surface area contributed by atoms with Gasteiger partial charge in [0, 0.05) is 12.7 Å². The highest BCUT2D eigenvalue weighted by atomic mass is 15.2. The quantitative estimate of drug-likeness (QED) is 0.621. The van der Waals surface area contributed by atoms with E-state index in [0.717, 1.165) is 6.04 Å². The molecule has 0 aromatic heterocycles. The molecule has 0 aromatic carbocycles. The Bertz CT molecular complexity index is 119. The molecule has 0 unspecified atom stereocenters. The van der Waals surface area contributed by atoms with Gasteiger partial charge in [-0.3, -0.25) is 4.90 Å². The minimum Gasteiger partial charge on any atom is -0.318 e. The lowest BCUT2D eigenvalue weighted by molar-refractivity contribution is 0.134. The zero-order chi connectivity index (χ0) is 8.97. The summed E-state index contributed by atoms with van der Waals surface area (Å²) < 4.78 is 0. The zero-order valence-electron chi connectivity index (χ0n) is 8.29. The number of hydrogen-bond donors (Lipinski definition) is 1. The molecule has 72 valence electrons. The lowest BCUT2D eigenvalue weighted by Crippen LogP contribution is -2.44. The first-order chi connectivity index (χ1) is 5.77. The molecule has 3 heteroatoms. The van der Waals surface area contributed by atoms with Crippen molar-refractivity contribution in [2.24, 2.45) is 5.73 Å². The van der Waals surface area contributed by atoms with Gasteiger partial charge in [0.15, 0.2) is 0 Å². The summed E-state index contributed by atoms with van der Waals surface area (Å²) in [4.78, 5) is 4.76. The molecule has 0 radical (unpaired) electrons. The van der Waals surface area contributed by atoms with E-state index >= 15 is 0 Å². The van der Waals surface area contributed by atoms with Crippen molar-refractivity contribution in [1.82, 2.24) is 9.80 Å². The third-order valence-electron chi connectivity index (χ3n) is 2.92. The number of hydrogen-bond acceptors (Lipinski definition) is 3. The fourth-order valence-electron chi connectivity index (χ4n) is 1.83. The summed E-state index contributed by atoms with van der Waals surface area (Å²) in [5.41, 5.74) is 5.58.